The molecule has 0 spiro atoms. The van der Waals surface area contributed by atoms with Crippen molar-refractivity contribution in [3.63, 3.8) is 0 Å². The number of hydrogen-bond acceptors (Lipinski definition) is 3. The minimum absolute atomic E-state index is 0.104. The molecular weight excluding hydrogens is 370 g/mol. The van der Waals surface area contributed by atoms with Gasteiger partial charge < -0.3 is 10.6 Å². The molecule has 4 heteroatoms. The molecule has 0 aromatic heterocycles. The number of rotatable bonds is 9. The van der Waals surface area contributed by atoms with Crippen LogP contribution in [0.1, 0.15) is 56.3 Å². The summed E-state index contributed by atoms with van der Waals surface area (Å²) in [5, 5.41) is 6.72. The molecular formula is C26H37N3O. The summed E-state index contributed by atoms with van der Waals surface area (Å²) in [6, 6.07) is 19.8. The first-order chi connectivity index (χ1) is 14.5. The molecule has 1 aliphatic heterocycles. The van der Waals surface area contributed by atoms with E-state index in [1.165, 1.54) is 16.7 Å². The van der Waals surface area contributed by atoms with Crippen LogP contribution < -0.4 is 10.6 Å². The van der Waals surface area contributed by atoms with E-state index in [0.29, 0.717) is 12.5 Å². The van der Waals surface area contributed by atoms with Gasteiger partial charge in [0.15, 0.2) is 0 Å². The van der Waals surface area contributed by atoms with Gasteiger partial charge in [0.25, 0.3) is 0 Å². The van der Waals surface area contributed by atoms with Gasteiger partial charge in [-0.05, 0) is 41.9 Å². The van der Waals surface area contributed by atoms with Crippen molar-refractivity contribution in [3.8, 4) is 0 Å². The van der Waals surface area contributed by atoms with Crippen molar-refractivity contribution < 1.29 is 4.79 Å². The van der Waals surface area contributed by atoms with Gasteiger partial charge in [-0.2, -0.15) is 0 Å². The first kappa shape index (κ1) is 22.5. The van der Waals surface area contributed by atoms with Crippen LogP contribution in [0.4, 0.5) is 0 Å². The predicted molar refractivity (Wildman–Crippen MR) is 124 cm³/mol. The van der Waals surface area contributed by atoms with Crippen molar-refractivity contribution in [2.24, 2.45) is 5.92 Å². The third-order valence-corrected chi connectivity index (χ3v) is 6.10. The maximum Gasteiger partial charge on any atom is 0.234 e. The van der Waals surface area contributed by atoms with Gasteiger partial charge in [0.05, 0.1) is 6.54 Å². The van der Waals surface area contributed by atoms with Crippen molar-refractivity contribution in [2.45, 2.75) is 58.7 Å². The average molecular weight is 408 g/mol. The maximum absolute atomic E-state index is 12.6. The van der Waals surface area contributed by atoms with Crippen LogP contribution in [0.5, 0.6) is 0 Å². The normalized spacial score (nSPS) is 16.5. The lowest BCUT2D eigenvalue weighted by Crippen LogP contribution is -2.47. The van der Waals surface area contributed by atoms with Gasteiger partial charge in [-0.15, -0.1) is 0 Å². The van der Waals surface area contributed by atoms with Gasteiger partial charge >= 0.3 is 0 Å². The summed E-state index contributed by atoms with van der Waals surface area (Å²) in [7, 11) is 0. The number of piperidine rings is 1. The Morgan fingerprint density at radius 3 is 2.27 bits per heavy atom. The molecule has 0 bridgehead atoms. The Balaban J connectivity index is 1.42. The van der Waals surface area contributed by atoms with Crippen LogP contribution in [0.2, 0.25) is 0 Å². The highest BCUT2D eigenvalue weighted by molar-refractivity contribution is 5.78. The van der Waals surface area contributed by atoms with Crippen molar-refractivity contribution >= 4 is 5.91 Å². The fourth-order valence-electron chi connectivity index (χ4n) is 4.26. The van der Waals surface area contributed by atoms with Gasteiger partial charge in [0, 0.05) is 31.7 Å². The largest absolute Gasteiger partial charge is 0.352 e. The lowest BCUT2D eigenvalue weighted by Gasteiger charge is -2.32. The lowest BCUT2D eigenvalue weighted by atomic mass is 9.95. The summed E-state index contributed by atoms with van der Waals surface area (Å²) in [6.45, 7) is 10.00. The molecule has 4 nitrogen and oxygen atoms in total. The molecule has 2 aromatic rings. The highest BCUT2D eigenvalue weighted by Gasteiger charge is 2.22. The molecule has 1 saturated heterocycles. The molecule has 1 fully saturated rings. The lowest BCUT2D eigenvalue weighted by molar-refractivity contribution is -0.121. The molecule has 0 saturated carbocycles. The number of nitrogens with zero attached hydrogens (tertiary/aromatic N) is 1. The second-order valence-electron chi connectivity index (χ2n) is 8.80. The number of amides is 1. The highest BCUT2D eigenvalue weighted by Crippen LogP contribution is 2.22. The van der Waals surface area contributed by atoms with Crippen LogP contribution in [0.15, 0.2) is 54.6 Å². The summed E-state index contributed by atoms with van der Waals surface area (Å²) in [5.74, 6) is 0.527. The Bertz CT molecular complexity index is 765. The summed E-state index contributed by atoms with van der Waals surface area (Å²) in [5.41, 5.74) is 3.96. The highest BCUT2D eigenvalue weighted by atomic mass is 16.2. The number of likely N-dealkylation sites (tertiary alicyclic amines) is 1. The number of hydrogen-bond donors (Lipinski definition) is 2. The zero-order chi connectivity index (χ0) is 21.3. The molecule has 1 aliphatic rings. The standard InChI is InChI=1S/C26H37N3O/c1-4-21-10-12-23(13-11-21)26(20(2)3)27-18-25(30)28-24-14-16-29(17-15-24)19-22-8-6-5-7-9-22/h5-13,20,24,26-27H,4,14-19H2,1-3H3,(H,28,30)/t26-/m0/s1. The van der Waals surface area contributed by atoms with E-state index in [0.717, 1.165) is 38.9 Å². The third kappa shape index (κ3) is 6.68. The summed E-state index contributed by atoms with van der Waals surface area (Å²) < 4.78 is 0. The quantitative estimate of drug-likeness (QED) is 0.651. The number of carbonyl (C=O) groups is 1. The Kier molecular flexibility index (Phi) is 8.47. The van der Waals surface area contributed by atoms with Crippen LogP contribution in [0.25, 0.3) is 0 Å². The van der Waals surface area contributed by atoms with E-state index in [1.54, 1.807) is 0 Å². The molecule has 2 N–H and O–H groups in total. The van der Waals surface area contributed by atoms with Gasteiger partial charge in [-0.1, -0.05) is 75.4 Å². The molecule has 1 heterocycles. The van der Waals surface area contributed by atoms with Crippen LogP contribution in [0.3, 0.4) is 0 Å². The molecule has 1 atom stereocenters. The topological polar surface area (TPSA) is 44.4 Å². The van der Waals surface area contributed by atoms with E-state index in [9.17, 15) is 4.79 Å². The Hall–Kier alpha value is -2.17. The molecule has 162 valence electrons. The fraction of sp³-hybridized carbons (Fsp3) is 0.500. The van der Waals surface area contributed by atoms with Gasteiger partial charge in [0.1, 0.15) is 0 Å². The Morgan fingerprint density at radius 2 is 1.67 bits per heavy atom. The molecule has 0 radical (unpaired) electrons. The molecule has 1 amide bonds. The van der Waals surface area contributed by atoms with E-state index < -0.39 is 0 Å². The van der Waals surface area contributed by atoms with E-state index >= 15 is 0 Å². The second-order valence-corrected chi connectivity index (χ2v) is 8.80. The van der Waals surface area contributed by atoms with E-state index in [2.05, 4.69) is 90.9 Å². The van der Waals surface area contributed by atoms with Gasteiger partial charge in [0.2, 0.25) is 5.91 Å². The Labute approximate surface area is 182 Å². The third-order valence-electron chi connectivity index (χ3n) is 6.10. The SMILES string of the molecule is CCc1ccc([C@@H](NCC(=O)NC2CCN(Cc3ccccc3)CC2)C(C)C)cc1. The molecule has 0 unspecified atom stereocenters. The van der Waals surface area contributed by atoms with Crippen molar-refractivity contribution in [1.29, 1.82) is 0 Å². The number of aryl methyl sites for hydroxylation is 1. The van der Waals surface area contributed by atoms with E-state index in [4.69, 9.17) is 0 Å². The molecule has 2 aromatic carbocycles. The van der Waals surface area contributed by atoms with Crippen LogP contribution in [0, 0.1) is 5.92 Å². The second kappa shape index (κ2) is 11.3. The minimum atomic E-state index is 0.104. The molecule has 30 heavy (non-hydrogen) atoms. The van der Waals surface area contributed by atoms with Crippen molar-refractivity contribution in [1.82, 2.24) is 15.5 Å². The molecule has 0 aliphatic carbocycles. The van der Waals surface area contributed by atoms with Gasteiger partial charge in [-0.25, -0.2) is 0 Å². The van der Waals surface area contributed by atoms with Crippen LogP contribution in [-0.4, -0.2) is 36.5 Å². The first-order valence-electron chi connectivity index (χ1n) is 11.4. The zero-order valence-electron chi connectivity index (χ0n) is 18.7. The first-order valence-corrected chi connectivity index (χ1v) is 11.4. The summed E-state index contributed by atoms with van der Waals surface area (Å²) in [6.07, 6.45) is 3.09. The van der Waals surface area contributed by atoms with Crippen molar-refractivity contribution in [3.05, 3.63) is 71.3 Å². The van der Waals surface area contributed by atoms with Crippen LogP contribution >= 0.6 is 0 Å². The maximum atomic E-state index is 12.6. The fourth-order valence-corrected chi connectivity index (χ4v) is 4.26. The number of carbonyl (C=O) groups excluding carboxylic acids is 1. The van der Waals surface area contributed by atoms with Crippen LogP contribution in [-0.2, 0) is 17.8 Å². The molecule has 3 rings (SSSR count). The summed E-state index contributed by atoms with van der Waals surface area (Å²) in [4.78, 5) is 15.0. The zero-order valence-corrected chi connectivity index (χ0v) is 18.7. The minimum Gasteiger partial charge on any atom is -0.352 e. The predicted octanol–water partition coefficient (Wildman–Crippen LogP) is 4.32. The van der Waals surface area contributed by atoms with Gasteiger partial charge in [-0.3, -0.25) is 9.69 Å². The Morgan fingerprint density at radius 1 is 1.00 bits per heavy atom. The smallest absolute Gasteiger partial charge is 0.234 e. The van der Waals surface area contributed by atoms with Crippen molar-refractivity contribution in [2.75, 3.05) is 19.6 Å². The monoisotopic (exact) mass is 407 g/mol. The summed E-state index contributed by atoms with van der Waals surface area (Å²) >= 11 is 0. The van der Waals surface area contributed by atoms with E-state index in [-0.39, 0.29) is 18.0 Å². The van der Waals surface area contributed by atoms with E-state index in [1.807, 2.05) is 0 Å². The average Bonchev–Trinajstić information content (AvgIpc) is 2.76. The number of nitrogens with one attached hydrogen (secondary N) is 2. The number of benzene rings is 2.